The van der Waals surface area contributed by atoms with Crippen molar-refractivity contribution < 1.29 is 4.84 Å². The molecule has 66 valence electrons. The minimum atomic E-state index is 0.846. The van der Waals surface area contributed by atoms with Crippen LogP contribution in [0.4, 0.5) is 0 Å². The monoisotopic (exact) mass is 157 g/mol. The molecule has 11 heavy (non-hydrogen) atoms. The molecule has 2 nitrogen and oxygen atoms in total. The van der Waals surface area contributed by atoms with Gasteiger partial charge in [-0.3, -0.25) is 0 Å². The molecule has 1 aliphatic rings. The van der Waals surface area contributed by atoms with E-state index in [1.807, 2.05) is 0 Å². The molecule has 1 fully saturated rings. The first-order valence-corrected chi connectivity index (χ1v) is 4.58. The number of hydrogen-bond donors (Lipinski definition) is 1. The molecule has 0 amide bonds. The molecule has 0 aromatic carbocycles. The Morgan fingerprint density at radius 1 is 1.45 bits per heavy atom. The van der Waals surface area contributed by atoms with Gasteiger partial charge in [0, 0.05) is 6.54 Å². The second-order valence-electron chi connectivity index (χ2n) is 3.69. The Balaban J connectivity index is 2.12. The van der Waals surface area contributed by atoms with Gasteiger partial charge in [-0.1, -0.05) is 19.8 Å². The highest BCUT2D eigenvalue weighted by Gasteiger charge is 2.17. The third-order valence-corrected chi connectivity index (χ3v) is 2.56. The van der Waals surface area contributed by atoms with Gasteiger partial charge in [-0.15, -0.1) is 0 Å². The molecule has 0 unspecified atom stereocenters. The third kappa shape index (κ3) is 3.21. The molecule has 0 aliphatic heterocycles. The van der Waals surface area contributed by atoms with Gasteiger partial charge in [-0.2, -0.15) is 0 Å². The summed E-state index contributed by atoms with van der Waals surface area (Å²) in [4.78, 5) is 4.83. The summed E-state index contributed by atoms with van der Waals surface area (Å²) in [5.74, 6) is 1.77. The Kier molecular flexibility index (Phi) is 3.87. The van der Waals surface area contributed by atoms with Crippen LogP contribution in [0, 0.1) is 11.8 Å². The first-order chi connectivity index (χ1) is 5.33. The van der Waals surface area contributed by atoms with Gasteiger partial charge in [-0.05, 0) is 24.7 Å². The lowest BCUT2D eigenvalue weighted by atomic mass is 9.82. The highest BCUT2D eigenvalue weighted by Crippen LogP contribution is 2.27. The molecule has 0 heterocycles. The molecule has 0 saturated heterocycles. The van der Waals surface area contributed by atoms with E-state index >= 15 is 0 Å². The molecule has 0 bridgehead atoms. The van der Waals surface area contributed by atoms with Crippen molar-refractivity contribution >= 4 is 0 Å². The van der Waals surface area contributed by atoms with Crippen LogP contribution >= 0.6 is 0 Å². The Bertz CT molecular complexity index is 106. The molecule has 0 aromatic rings. The molecule has 0 spiro atoms. The van der Waals surface area contributed by atoms with Gasteiger partial charge in [0.15, 0.2) is 0 Å². The lowest BCUT2D eigenvalue weighted by Gasteiger charge is -2.26. The molecule has 1 aliphatic carbocycles. The largest absolute Gasteiger partial charge is 0.305 e. The second kappa shape index (κ2) is 4.73. The van der Waals surface area contributed by atoms with Crippen molar-refractivity contribution in [3.8, 4) is 0 Å². The summed E-state index contributed by atoms with van der Waals surface area (Å²) < 4.78 is 0. The highest BCUT2D eigenvalue weighted by atomic mass is 16.6. The van der Waals surface area contributed by atoms with E-state index in [1.54, 1.807) is 7.11 Å². The zero-order valence-corrected chi connectivity index (χ0v) is 7.60. The van der Waals surface area contributed by atoms with Gasteiger partial charge >= 0.3 is 0 Å². The van der Waals surface area contributed by atoms with Gasteiger partial charge in [-0.25, -0.2) is 5.48 Å². The SMILES string of the molecule is CONC[C@H]1CCC[C@@H](C)C1. The van der Waals surface area contributed by atoms with Crippen molar-refractivity contribution in [2.24, 2.45) is 11.8 Å². The summed E-state index contributed by atoms with van der Waals surface area (Å²) in [6, 6.07) is 0. The zero-order valence-electron chi connectivity index (χ0n) is 7.60. The topological polar surface area (TPSA) is 21.3 Å². The van der Waals surface area contributed by atoms with E-state index in [0.29, 0.717) is 0 Å². The van der Waals surface area contributed by atoms with E-state index in [1.165, 1.54) is 25.7 Å². The molecule has 1 saturated carbocycles. The normalized spacial score (nSPS) is 32.2. The van der Waals surface area contributed by atoms with Crippen molar-refractivity contribution in [2.45, 2.75) is 32.6 Å². The maximum atomic E-state index is 4.83. The van der Waals surface area contributed by atoms with Crippen LogP contribution in [0.3, 0.4) is 0 Å². The fourth-order valence-corrected chi connectivity index (χ4v) is 1.95. The van der Waals surface area contributed by atoms with Crippen LogP contribution in [0.5, 0.6) is 0 Å². The number of nitrogens with one attached hydrogen (secondary N) is 1. The summed E-state index contributed by atoms with van der Waals surface area (Å²) in [7, 11) is 1.69. The van der Waals surface area contributed by atoms with E-state index in [-0.39, 0.29) is 0 Å². The van der Waals surface area contributed by atoms with Crippen LogP contribution in [-0.4, -0.2) is 13.7 Å². The molecule has 1 rings (SSSR count). The van der Waals surface area contributed by atoms with Crippen LogP contribution in [0.2, 0.25) is 0 Å². The number of hydrogen-bond acceptors (Lipinski definition) is 2. The van der Waals surface area contributed by atoms with Gasteiger partial charge in [0.1, 0.15) is 0 Å². The summed E-state index contributed by atoms with van der Waals surface area (Å²) in [6.07, 6.45) is 5.57. The van der Waals surface area contributed by atoms with Gasteiger partial charge < -0.3 is 4.84 Å². The first-order valence-electron chi connectivity index (χ1n) is 4.58. The molecule has 0 aromatic heterocycles. The summed E-state index contributed by atoms with van der Waals surface area (Å²) in [5.41, 5.74) is 2.94. The minimum absolute atomic E-state index is 0.846. The second-order valence-corrected chi connectivity index (χ2v) is 3.69. The van der Waals surface area contributed by atoms with Gasteiger partial charge in [0.2, 0.25) is 0 Å². The van der Waals surface area contributed by atoms with Crippen LogP contribution in [0.1, 0.15) is 32.6 Å². The predicted molar refractivity (Wildman–Crippen MR) is 46.1 cm³/mol. The quantitative estimate of drug-likeness (QED) is 0.632. The molecule has 2 heteroatoms. The molecule has 0 radical (unpaired) electrons. The number of hydroxylamine groups is 1. The van der Waals surface area contributed by atoms with Crippen LogP contribution in [-0.2, 0) is 4.84 Å². The Morgan fingerprint density at radius 3 is 2.91 bits per heavy atom. The van der Waals surface area contributed by atoms with Crippen molar-refractivity contribution in [3.63, 3.8) is 0 Å². The molecular weight excluding hydrogens is 138 g/mol. The fraction of sp³-hybridized carbons (Fsp3) is 1.00. The fourth-order valence-electron chi connectivity index (χ4n) is 1.95. The lowest BCUT2D eigenvalue weighted by Crippen LogP contribution is -2.25. The van der Waals surface area contributed by atoms with E-state index < -0.39 is 0 Å². The van der Waals surface area contributed by atoms with Crippen molar-refractivity contribution in [1.82, 2.24) is 5.48 Å². The molecule has 2 atom stereocenters. The van der Waals surface area contributed by atoms with E-state index in [4.69, 9.17) is 4.84 Å². The predicted octanol–water partition coefficient (Wildman–Crippen LogP) is 1.96. The van der Waals surface area contributed by atoms with Crippen LogP contribution < -0.4 is 5.48 Å². The lowest BCUT2D eigenvalue weighted by molar-refractivity contribution is 0.0708. The standard InChI is InChI=1S/C9H19NO/c1-8-4-3-5-9(6-8)7-10-11-2/h8-10H,3-7H2,1-2H3/t8-,9+/m1/s1. The Morgan fingerprint density at radius 2 is 2.27 bits per heavy atom. The maximum Gasteiger partial charge on any atom is 0.0572 e. The van der Waals surface area contributed by atoms with E-state index in [0.717, 1.165) is 18.4 Å². The van der Waals surface area contributed by atoms with Crippen molar-refractivity contribution in [1.29, 1.82) is 0 Å². The average molecular weight is 157 g/mol. The van der Waals surface area contributed by atoms with E-state index in [9.17, 15) is 0 Å². The van der Waals surface area contributed by atoms with Gasteiger partial charge in [0.25, 0.3) is 0 Å². The van der Waals surface area contributed by atoms with E-state index in [2.05, 4.69) is 12.4 Å². The van der Waals surface area contributed by atoms with Crippen molar-refractivity contribution in [2.75, 3.05) is 13.7 Å². The smallest absolute Gasteiger partial charge is 0.0572 e. The molecule has 1 N–H and O–H groups in total. The summed E-state index contributed by atoms with van der Waals surface area (Å²) in [5, 5.41) is 0. The van der Waals surface area contributed by atoms with Crippen molar-refractivity contribution in [3.05, 3.63) is 0 Å². The third-order valence-electron chi connectivity index (χ3n) is 2.56. The maximum absolute atomic E-state index is 4.83. The number of rotatable bonds is 3. The van der Waals surface area contributed by atoms with Crippen LogP contribution in [0.25, 0.3) is 0 Å². The average Bonchev–Trinajstić information content (AvgIpc) is 2.01. The van der Waals surface area contributed by atoms with Crippen LogP contribution in [0.15, 0.2) is 0 Å². The summed E-state index contributed by atoms with van der Waals surface area (Å²) >= 11 is 0. The minimum Gasteiger partial charge on any atom is -0.305 e. The zero-order chi connectivity index (χ0) is 8.10. The first kappa shape index (κ1) is 9.01. The molecular formula is C9H19NO. The van der Waals surface area contributed by atoms with Gasteiger partial charge in [0.05, 0.1) is 7.11 Å². The Labute approximate surface area is 69.3 Å². The Hall–Kier alpha value is -0.0800. The summed E-state index contributed by atoms with van der Waals surface area (Å²) in [6.45, 7) is 3.37. The highest BCUT2D eigenvalue weighted by molar-refractivity contribution is 4.70.